The average molecular weight is 361 g/mol. The Bertz CT molecular complexity index is 815. The molecule has 3 rings (SSSR count). The van der Waals surface area contributed by atoms with E-state index in [1.807, 2.05) is 17.9 Å². The lowest BCUT2D eigenvalue weighted by molar-refractivity contribution is -0.149. The van der Waals surface area contributed by atoms with Crippen LogP contribution in [0.5, 0.6) is 0 Å². The quantitative estimate of drug-likeness (QED) is 0.886. The second kappa shape index (κ2) is 7.35. The fourth-order valence-electron chi connectivity index (χ4n) is 3.50. The Morgan fingerprint density at radius 2 is 2.12 bits per heavy atom. The van der Waals surface area contributed by atoms with Gasteiger partial charge in [0.25, 0.3) is 0 Å². The average Bonchev–Trinajstić information content (AvgIpc) is 2.64. The molecule has 1 aliphatic rings. The normalized spacial score (nSPS) is 20.2. The van der Waals surface area contributed by atoms with Crippen molar-refractivity contribution in [3.8, 4) is 0 Å². The Balaban J connectivity index is 1.89. The molecule has 0 unspecified atom stereocenters. The largest absolute Gasteiger partial charge is 0.481 e. The predicted molar refractivity (Wildman–Crippen MR) is 93.0 cm³/mol. The van der Waals surface area contributed by atoms with Gasteiger partial charge in [-0.25, -0.2) is 18.7 Å². The molecule has 138 valence electrons. The van der Waals surface area contributed by atoms with E-state index in [0.717, 1.165) is 24.2 Å². The molecule has 0 spiro atoms. The predicted octanol–water partition coefficient (Wildman–Crippen LogP) is 3.23. The molecule has 26 heavy (non-hydrogen) atoms. The monoisotopic (exact) mass is 361 g/mol. The van der Waals surface area contributed by atoms with Crippen LogP contribution in [-0.4, -0.2) is 34.1 Å². The molecular formula is C19H21F2N3O2. The number of aromatic nitrogens is 2. The second-order valence-corrected chi connectivity index (χ2v) is 6.74. The van der Waals surface area contributed by atoms with Crippen LogP contribution in [0.3, 0.4) is 0 Å². The lowest BCUT2D eigenvalue weighted by Gasteiger charge is -2.40. The highest BCUT2D eigenvalue weighted by molar-refractivity contribution is 5.76. The molecule has 1 atom stereocenters. The zero-order valence-corrected chi connectivity index (χ0v) is 14.6. The lowest BCUT2D eigenvalue weighted by atomic mass is 9.75. The first-order chi connectivity index (χ1) is 12.4. The molecule has 1 saturated heterocycles. The third kappa shape index (κ3) is 3.66. The highest BCUT2D eigenvalue weighted by Gasteiger charge is 2.43. The van der Waals surface area contributed by atoms with E-state index in [1.54, 1.807) is 0 Å². The van der Waals surface area contributed by atoms with Gasteiger partial charge in [0, 0.05) is 30.9 Å². The Morgan fingerprint density at radius 1 is 1.31 bits per heavy atom. The van der Waals surface area contributed by atoms with Crippen LogP contribution in [0.2, 0.25) is 0 Å². The van der Waals surface area contributed by atoms with Crippen molar-refractivity contribution in [1.82, 2.24) is 9.97 Å². The van der Waals surface area contributed by atoms with Gasteiger partial charge in [0.2, 0.25) is 0 Å². The summed E-state index contributed by atoms with van der Waals surface area (Å²) in [6.45, 7) is 2.89. The van der Waals surface area contributed by atoms with Crippen molar-refractivity contribution in [3.05, 3.63) is 53.5 Å². The van der Waals surface area contributed by atoms with Crippen LogP contribution in [0, 0.1) is 17.0 Å². The number of aliphatic carboxylic acids is 1. The van der Waals surface area contributed by atoms with Gasteiger partial charge in [-0.05, 0) is 37.3 Å². The number of piperidine rings is 1. The van der Waals surface area contributed by atoms with Gasteiger partial charge in [0.05, 0.1) is 5.41 Å². The van der Waals surface area contributed by atoms with E-state index in [4.69, 9.17) is 0 Å². The summed E-state index contributed by atoms with van der Waals surface area (Å²) < 4.78 is 27.2. The van der Waals surface area contributed by atoms with Crippen molar-refractivity contribution in [2.75, 3.05) is 18.0 Å². The van der Waals surface area contributed by atoms with E-state index in [1.165, 1.54) is 12.4 Å². The highest BCUT2D eigenvalue weighted by atomic mass is 19.1. The molecule has 0 aliphatic carbocycles. The van der Waals surface area contributed by atoms with E-state index >= 15 is 0 Å². The Hall–Kier alpha value is -2.57. The summed E-state index contributed by atoms with van der Waals surface area (Å²) >= 11 is 0. The molecule has 0 saturated carbocycles. The fraction of sp³-hybridized carbons (Fsp3) is 0.421. The molecular weight excluding hydrogens is 340 g/mol. The molecule has 1 aromatic heterocycles. The van der Waals surface area contributed by atoms with Crippen LogP contribution in [-0.2, 0) is 17.6 Å². The summed E-state index contributed by atoms with van der Waals surface area (Å²) in [5.74, 6) is -1.68. The molecule has 1 N–H and O–H groups in total. The van der Waals surface area contributed by atoms with Crippen molar-refractivity contribution in [3.63, 3.8) is 0 Å². The van der Waals surface area contributed by atoms with Crippen molar-refractivity contribution in [2.24, 2.45) is 5.41 Å². The number of carboxylic acids is 1. The summed E-state index contributed by atoms with van der Waals surface area (Å²) in [4.78, 5) is 22.5. The molecule has 0 amide bonds. The van der Waals surface area contributed by atoms with Gasteiger partial charge in [-0.2, -0.15) is 0 Å². The first-order valence-corrected chi connectivity index (χ1v) is 8.67. The van der Waals surface area contributed by atoms with Crippen LogP contribution in [0.15, 0.2) is 30.6 Å². The topological polar surface area (TPSA) is 66.3 Å². The zero-order chi connectivity index (χ0) is 18.7. The van der Waals surface area contributed by atoms with Gasteiger partial charge in [-0.3, -0.25) is 4.79 Å². The van der Waals surface area contributed by atoms with Crippen molar-refractivity contribution in [2.45, 2.75) is 32.6 Å². The molecule has 1 aromatic carbocycles. The number of halogens is 2. The third-order valence-electron chi connectivity index (χ3n) is 4.97. The summed E-state index contributed by atoms with van der Waals surface area (Å²) in [6, 6.07) is 5.14. The van der Waals surface area contributed by atoms with Crippen LogP contribution in [0.25, 0.3) is 0 Å². The van der Waals surface area contributed by atoms with E-state index in [2.05, 4.69) is 9.97 Å². The molecule has 1 fully saturated rings. The van der Waals surface area contributed by atoms with E-state index in [0.29, 0.717) is 25.2 Å². The number of hydrogen-bond donors (Lipinski definition) is 1. The number of anilines is 1. The van der Waals surface area contributed by atoms with Crippen molar-refractivity contribution in [1.29, 1.82) is 0 Å². The van der Waals surface area contributed by atoms with Gasteiger partial charge in [0.1, 0.15) is 23.8 Å². The number of benzene rings is 1. The van der Waals surface area contributed by atoms with Crippen LogP contribution < -0.4 is 4.90 Å². The minimum atomic E-state index is -1.14. The molecule has 2 aromatic rings. The molecule has 0 bridgehead atoms. The van der Waals surface area contributed by atoms with Gasteiger partial charge in [0.15, 0.2) is 0 Å². The first-order valence-electron chi connectivity index (χ1n) is 8.67. The summed E-state index contributed by atoms with van der Waals surface area (Å²) in [5, 5.41) is 9.91. The molecule has 7 heteroatoms. The van der Waals surface area contributed by atoms with Gasteiger partial charge < -0.3 is 10.0 Å². The van der Waals surface area contributed by atoms with Gasteiger partial charge in [-0.15, -0.1) is 0 Å². The van der Waals surface area contributed by atoms with Crippen molar-refractivity contribution < 1.29 is 18.7 Å². The number of rotatable bonds is 5. The lowest BCUT2D eigenvalue weighted by Crippen LogP contribution is -2.49. The summed E-state index contributed by atoms with van der Waals surface area (Å²) in [6.07, 6.45) is 3.33. The minimum absolute atomic E-state index is 0.0106. The number of carbonyl (C=O) groups is 1. The van der Waals surface area contributed by atoms with Gasteiger partial charge in [-0.1, -0.05) is 13.0 Å². The number of carboxylic acid groups (broad SMARTS) is 1. The molecule has 1 aliphatic heterocycles. The number of hydrogen-bond acceptors (Lipinski definition) is 4. The standard InChI is InChI=1S/C19H21F2N3O2/c1-2-15-9-17(23-12-22-15)24-7-3-6-19(11-24,18(25)26)10-13-4-5-14(20)8-16(13)21/h4-5,8-9,12H,2-3,6-7,10-11H2,1H3,(H,25,26)/t19-/m1/s1. The van der Waals surface area contributed by atoms with E-state index in [9.17, 15) is 18.7 Å². The number of nitrogens with zero attached hydrogens (tertiary/aromatic N) is 3. The third-order valence-corrected chi connectivity index (χ3v) is 4.97. The number of aryl methyl sites for hydroxylation is 1. The summed E-state index contributed by atoms with van der Waals surface area (Å²) in [7, 11) is 0. The van der Waals surface area contributed by atoms with Crippen LogP contribution in [0.1, 0.15) is 31.0 Å². The molecule has 0 radical (unpaired) electrons. The van der Waals surface area contributed by atoms with Crippen LogP contribution >= 0.6 is 0 Å². The molecule has 2 heterocycles. The minimum Gasteiger partial charge on any atom is -0.481 e. The zero-order valence-electron chi connectivity index (χ0n) is 14.6. The Labute approximate surface area is 150 Å². The highest BCUT2D eigenvalue weighted by Crippen LogP contribution is 2.36. The van der Waals surface area contributed by atoms with E-state index < -0.39 is 23.0 Å². The maximum atomic E-state index is 14.1. The smallest absolute Gasteiger partial charge is 0.311 e. The Kier molecular flexibility index (Phi) is 5.15. The Morgan fingerprint density at radius 3 is 2.81 bits per heavy atom. The second-order valence-electron chi connectivity index (χ2n) is 6.74. The van der Waals surface area contributed by atoms with Crippen molar-refractivity contribution >= 4 is 11.8 Å². The maximum absolute atomic E-state index is 14.1. The fourth-order valence-corrected chi connectivity index (χ4v) is 3.50. The maximum Gasteiger partial charge on any atom is 0.311 e. The molecule has 5 nitrogen and oxygen atoms in total. The first kappa shape index (κ1) is 18.2. The SMILES string of the molecule is CCc1cc(N2CCC[C@](Cc3ccc(F)cc3F)(C(=O)O)C2)ncn1. The van der Waals surface area contributed by atoms with Crippen LogP contribution in [0.4, 0.5) is 14.6 Å². The summed E-state index contributed by atoms with van der Waals surface area (Å²) in [5.41, 5.74) is -0.0486. The van der Waals surface area contributed by atoms with Gasteiger partial charge >= 0.3 is 5.97 Å². The van der Waals surface area contributed by atoms with E-state index in [-0.39, 0.29) is 18.5 Å².